The third kappa shape index (κ3) is 5.45. The zero-order valence-electron chi connectivity index (χ0n) is 17.8. The molecule has 0 spiro atoms. The van der Waals surface area contributed by atoms with Crippen molar-refractivity contribution in [3.63, 3.8) is 0 Å². The van der Waals surface area contributed by atoms with Crippen LogP contribution < -0.4 is 19.7 Å². The predicted octanol–water partition coefficient (Wildman–Crippen LogP) is 3.15. The van der Waals surface area contributed by atoms with Gasteiger partial charge in [-0.25, -0.2) is 8.42 Å². The largest absolute Gasteiger partial charge is 0.494 e. The Morgan fingerprint density at radius 2 is 1.88 bits per heavy atom. The summed E-state index contributed by atoms with van der Waals surface area (Å²) in [4.78, 5) is 25.1. The Kier molecular flexibility index (Phi) is 6.98. The number of benzene rings is 2. The summed E-state index contributed by atoms with van der Waals surface area (Å²) in [5.74, 6) is -0.516. The molecule has 0 saturated carbocycles. The van der Waals surface area contributed by atoms with Crippen LogP contribution in [0.4, 0.5) is 24.5 Å². The number of nitrogens with zero attached hydrogens (tertiary/aromatic N) is 1. The lowest BCUT2D eigenvalue weighted by molar-refractivity contribution is -0.139. The van der Waals surface area contributed by atoms with Crippen molar-refractivity contribution in [3.8, 4) is 5.75 Å². The molecule has 2 N–H and O–H groups in total. The summed E-state index contributed by atoms with van der Waals surface area (Å²) in [5.41, 5.74) is -0.536. The normalized spacial score (nSPS) is 15.4. The van der Waals surface area contributed by atoms with E-state index >= 15 is 0 Å². The van der Waals surface area contributed by atoms with Crippen LogP contribution in [0.5, 0.6) is 5.75 Å². The van der Waals surface area contributed by atoms with Crippen LogP contribution in [-0.2, 0) is 25.8 Å². The molecule has 178 valence electrons. The number of sulfonamides is 1. The van der Waals surface area contributed by atoms with Crippen LogP contribution >= 0.6 is 0 Å². The van der Waals surface area contributed by atoms with Crippen molar-refractivity contribution in [2.45, 2.75) is 36.9 Å². The van der Waals surface area contributed by atoms with E-state index in [9.17, 15) is 31.2 Å². The highest BCUT2D eigenvalue weighted by molar-refractivity contribution is 7.89. The monoisotopic (exact) mass is 485 g/mol. The Labute approximate surface area is 188 Å². The van der Waals surface area contributed by atoms with Crippen molar-refractivity contribution in [1.29, 1.82) is 0 Å². The fraction of sp³-hybridized carbons (Fsp3) is 0.333. The van der Waals surface area contributed by atoms with Crippen LogP contribution in [0.25, 0.3) is 0 Å². The maximum absolute atomic E-state index is 13.2. The molecule has 12 heteroatoms. The molecule has 0 aromatic heterocycles. The van der Waals surface area contributed by atoms with E-state index in [1.54, 1.807) is 11.0 Å². The van der Waals surface area contributed by atoms with Gasteiger partial charge in [-0.2, -0.15) is 17.9 Å². The minimum absolute atomic E-state index is 0.0488. The van der Waals surface area contributed by atoms with Crippen molar-refractivity contribution < 1.29 is 35.9 Å². The first-order valence-electron chi connectivity index (χ1n) is 9.92. The highest BCUT2D eigenvalue weighted by Crippen LogP contribution is 2.35. The summed E-state index contributed by atoms with van der Waals surface area (Å²) < 4.78 is 71.9. The molecule has 0 radical (unpaired) electrons. The molecule has 33 heavy (non-hydrogen) atoms. The van der Waals surface area contributed by atoms with Gasteiger partial charge in [-0.15, -0.1) is 0 Å². The molecule has 2 amide bonds. The molecule has 3 rings (SSSR count). The average molecular weight is 485 g/mol. The summed E-state index contributed by atoms with van der Waals surface area (Å²) in [6, 6.07) is 6.89. The second-order valence-electron chi connectivity index (χ2n) is 7.36. The van der Waals surface area contributed by atoms with Crippen molar-refractivity contribution >= 4 is 33.2 Å². The van der Waals surface area contributed by atoms with Crippen molar-refractivity contribution in [3.05, 3.63) is 48.0 Å². The third-order valence-corrected chi connectivity index (χ3v) is 6.62. The maximum atomic E-state index is 13.2. The fourth-order valence-corrected chi connectivity index (χ4v) is 4.85. The minimum Gasteiger partial charge on any atom is -0.494 e. The highest BCUT2D eigenvalue weighted by Gasteiger charge is 2.37. The summed E-state index contributed by atoms with van der Waals surface area (Å²) in [6.45, 7) is 1.75. The summed E-state index contributed by atoms with van der Waals surface area (Å²) >= 11 is 0. The summed E-state index contributed by atoms with van der Waals surface area (Å²) in [5, 5.41) is 2.49. The molecule has 1 heterocycles. The van der Waals surface area contributed by atoms with E-state index in [1.165, 1.54) is 26.2 Å². The summed E-state index contributed by atoms with van der Waals surface area (Å²) in [7, 11) is -3.24. The van der Waals surface area contributed by atoms with Gasteiger partial charge in [0.15, 0.2) is 0 Å². The lowest BCUT2D eigenvalue weighted by Crippen LogP contribution is -2.42. The Morgan fingerprint density at radius 3 is 2.48 bits per heavy atom. The first-order valence-corrected chi connectivity index (χ1v) is 11.4. The molecule has 0 aliphatic carbocycles. The molecule has 0 unspecified atom stereocenters. The van der Waals surface area contributed by atoms with Crippen molar-refractivity contribution in [2.75, 3.05) is 23.9 Å². The molecule has 0 bridgehead atoms. The number of carbonyl (C=O) groups is 2. The number of hydrogen-bond donors (Lipinski definition) is 2. The fourth-order valence-electron chi connectivity index (χ4n) is 3.42. The number of alkyl halides is 3. The van der Waals surface area contributed by atoms with Crippen LogP contribution in [0.3, 0.4) is 0 Å². The van der Waals surface area contributed by atoms with Gasteiger partial charge >= 0.3 is 6.18 Å². The second kappa shape index (κ2) is 9.40. The Bertz CT molecular complexity index is 1170. The number of methoxy groups -OCH3 is 1. The SMILES string of the molecule is COc1cc(NC(=O)[C@H](C)NS(=O)(=O)c2ccccc2C(F)(F)F)ccc1N1CCCC1=O. The van der Waals surface area contributed by atoms with Gasteiger partial charge in [-0.05, 0) is 37.6 Å². The number of nitrogens with one attached hydrogen (secondary N) is 2. The topological polar surface area (TPSA) is 105 Å². The maximum Gasteiger partial charge on any atom is 0.417 e. The van der Waals surface area contributed by atoms with Crippen LogP contribution in [0.2, 0.25) is 0 Å². The molecule has 1 saturated heterocycles. The Balaban J connectivity index is 1.75. The van der Waals surface area contributed by atoms with Crippen molar-refractivity contribution in [1.82, 2.24) is 4.72 Å². The van der Waals surface area contributed by atoms with Gasteiger partial charge < -0.3 is 15.0 Å². The van der Waals surface area contributed by atoms with E-state index in [-0.39, 0.29) is 11.6 Å². The van der Waals surface area contributed by atoms with E-state index in [1.807, 2.05) is 4.72 Å². The second-order valence-corrected chi connectivity index (χ2v) is 9.04. The van der Waals surface area contributed by atoms with Gasteiger partial charge in [-0.1, -0.05) is 12.1 Å². The molecular weight excluding hydrogens is 463 g/mol. The molecular formula is C21H22F3N3O5S. The van der Waals surface area contributed by atoms with Crippen LogP contribution in [-0.4, -0.2) is 39.9 Å². The van der Waals surface area contributed by atoms with Crippen LogP contribution in [0.1, 0.15) is 25.3 Å². The van der Waals surface area contributed by atoms with Crippen LogP contribution in [0, 0.1) is 0 Å². The Hall–Kier alpha value is -3.12. The number of hydrogen-bond acceptors (Lipinski definition) is 5. The highest BCUT2D eigenvalue weighted by atomic mass is 32.2. The molecule has 1 aliphatic heterocycles. The van der Waals surface area contributed by atoms with Gasteiger partial charge in [-0.3, -0.25) is 9.59 Å². The number of amides is 2. The summed E-state index contributed by atoms with van der Waals surface area (Å²) in [6.07, 6.45) is -3.74. The van der Waals surface area contributed by atoms with Gasteiger partial charge in [0.05, 0.1) is 29.3 Å². The molecule has 1 fully saturated rings. The molecule has 2 aromatic rings. The molecule has 8 nitrogen and oxygen atoms in total. The number of carbonyl (C=O) groups excluding carboxylic acids is 2. The van der Waals surface area contributed by atoms with E-state index in [0.29, 0.717) is 30.5 Å². The third-order valence-electron chi connectivity index (χ3n) is 5.02. The van der Waals surface area contributed by atoms with Crippen molar-refractivity contribution in [2.24, 2.45) is 0 Å². The number of ether oxygens (including phenoxy) is 1. The van der Waals surface area contributed by atoms with Gasteiger partial charge in [0, 0.05) is 24.7 Å². The number of halogens is 3. The predicted molar refractivity (Wildman–Crippen MR) is 114 cm³/mol. The zero-order valence-corrected chi connectivity index (χ0v) is 18.6. The van der Waals surface area contributed by atoms with E-state index in [0.717, 1.165) is 24.6 Å². The number of rotatable bonds is 7. The lowest BCUT2D eigenvalue weighted by Gasteiger charge is -2.20. The van der Waals surface area contributed by atoms with E-state index in [4.69, 9.17) is 4.74 Å². The smallest absolute Gasteiger partial charge is 0.417 e. The number of anilines is 2. The molecule has 2 aromatic carbocycles. The minimum atomic E-state index is -4.88. The standard InChI is InChI=1S/C21H22F3N3O5S/c1-13(26-33(30,31)18-7-4-3-6-15(18)21(22,23)24)20(29)25-14-9-10-16(17(12-14)32-2)27-11-5-8-19(27)28/h3-4,6-7,9-10,12-13,26H,5,8,11H2,1-2H3,(H,25,29)/t13-/m0/s1. The van der Waals surface area contributed by atoms with Gasteiger partial charge in [0.25, 0.3) is 0 Å². The van der Waals surface area contributed by atoms with Crippen LogP contribution in [0.15, 0.2) is 47.4 Å². The van der Waals surface area contributed by atoms with E-state index in [2.05, 4.69) is 5.32 Å². The first-order chi connectivity index (χ1) is 15.4. The zero-order chi connectivity index (χ0) is 24.4. The molecule has 1 aliphatic rings. The van der Waals surface area contributed by atoms with Gasteiger partial charge in [0.1, 0.15) is 5.75 Å². The first kappa shape index (κ1) is 24.5. The average Bonchev–Trinajstić information content (AvgIpc) is 3.18. The van der Waals surface area contributed by atoms with Gasteiger partial charge in [0.2, 0.25) is 21.8 Å². The molecule has 1 atom stereocenters. The quantitative estimate of drug-likeness (QED) is 0.627. The van der Waals surface area contributed by atoms with E-state index < -0.39 is 38.6 Å². The lowest BCUT2D eigenvalue weighted by atomic mass is 10.2. The Morgan fingerprint density at radius 1 is 1.18 bits per heavy atom.